The lowest BCUT2D eigenvalue weighted by Gasteiger charge is -2.12. The van der Waals surface area contributed by atoms with Crippen molar-refractivity contribution in [1.82, 2.24) is 5.32 Å². The van der Waals surface area contributed by atoms with Crippen LogP contribution in [0.25, 0.3) is 5.76 Å². The average Bonchev–Trinajstić information content (AvgIpc) is 2.26. The van der Waals surface area contributed by atoms with Crippen molar-refractivity contribution in [3.8, 4) is 0 Å². The Hall–Kier alpha value is -0.990. The van der Waals surface area contributed by atoms with Crippen molar-refractivity contribution in [3.05, 3.63) is 40.9 Å². The molecule has 1 aromatic rings. The molecule has 0 radical (unpaired) electrons. The zero-order valence-corrected chi connectivity index (χ0v) is 11.5. The van der Waals surface area contributed by atoms with Gasteiger partial charge in [0, 0.05) is 18.2 Å². The van der Waals surface area contributed by atoms with Gasteiger partial charge in [-0.15, -0.1) is 0 Å². The maximum absolute atomic E-state index is 6.21. The second-order valence-electron chi connectivity index (χ2n) is 4.21. The van der Waals surface area contributed by atoms with Gasteiger partial charge in [-0.2, -0.15) is 0 Å². The van der Waals surface area contributed by atoms with E-state index in [0.29, 0.717) is 23.4 Å². The van der Waals surface area contributed by atoms with Crippen molar-refractivity contribution in [3.63, 3.8) is 0 Å². The van der Waals surface area contributed by atoms with Gasteiger partial charge in [-0.3, -0.25) is 0 Å². The van der Waals surface area contributed by atoms with E-state index in [0.717, 1.165) is 17.7 Å². The fraction of sp³-hybridized carbons (Fsp3) is 0.429. The zero-order valence-electron chi connectivity index (χ0n) is 10.7. The Morgan fingerprint density at radius 1 is 1.47 bits per heavy atom. The molecule has 0 saturated carbocycles. The molecular weight excluding hydrogens is 234 g/mol. The van der Waals surface area contributed by atoms with E-state index < -0.39 is 0 Å². The van der Waals surface area contributed by atoms with E-state index in [2.05, 4.69) is 25.7 Å². The third kappa shape index (κ3) is 4.41. The van der Waals surface area contributed by atoms with E-state index in [4.69, 9.17) is 16.3 Å². The number of hydrogen-bond donors (Lipinski definition) is 1. The lowest BCUT2D eigenvalue weighted by Crippen LogP contribution is -2.21. The Bertz CT molecular complexity index is 388. The summed E-state index contributed by atoms with van der Waals surface area (Å²) in [5.74, 6) is 0.626. The summed E-state index contributed by atoms with van der Waals surface area (Å²) in [5.41, 5.74) is 2.03. The van der Waals surface area contributed by atoms with Gasteiger partial charge >= 0.3 is 0 Å². The molecule has 3 heteroatoms. The van der Waals surface area contributed by atoms with E-state index in [1.807, 2.05) is 25.1 Å². The first-order valence-corrected chi connectivity index (χ1v) is 6.26. The standard InChI is InChI=1S/C14H20ClNO/c1-5-17-11(4)13-7-6-12(8-14(13)15)9-16-10(2)3/h6-8,10,16H,4-5,9H2,1-3H3. The molecule has 17 heavy (non-hydrogen) atoms. The molecular formula is C14H20ClNO. The van der Waals surface area contributed by atoms with Gasteiger partial charge in [0.2, 0.25) is 0 Å². The fourth-order valence-electron chi connectivity index (χ4n) is 1.47. The Morgan fingerprint density at radius 3 is 2.71 bits per heavy atom. The highest BCUT2D eigenvalue weighted by molar-refractivity contribution is 6.32. The summed E-state index contributed by atoms with van der Waals surface area (Å²) in [5, 5.41) is 4.04. The van der Waals surface area contributed by atoms with Crippen molar-refractivity contribution in [2.75, 3.05) is 6.61 Å². The molecule has 94 valence electrons. The summed E-state index contributed by atoms with van der Waals surface area (Å²) >= 11 is 6.21. The first-order valence-electron chi connectivity index (χ1n) is 5.88. The molecule has 0 atom stereocenters. The highest BCUT2D eigenvalue weighted by atomic mass is 35.5. The van der Waals surface area contributed by atoms with Crippen LogP contribution >= 0.6 is 11.6 Å². The number of rotatable bonds is 6. The quantitative estimate of drug-likeness (QED) is 0.778. The van der Waals surface area contributed by atoms with Gasteiger partial charge in [0.1, 0.15) is 5.76 Å². The predicted molar refractivity (Wildman–Crippen MR) is 74.1 cm³/mol. The number of nitrogens with one attached hydrogen (secondary N) is 1. The van der Waals surface area contributed by atoms with Gasteiger partial charge in [-0.1, -0.05) is 38.1 Å². The zero-order chi connectivity index (χ0) is 12.8. The molecule has 2 nitrogen and oxygen atoms in total. The fourth-order valence-corrected chi connectivity index (χ4v) is 1.78. The van der Waals surface area contributed by atoms with Crippen LogP contribution in [-0.4, -0.2) is 12.6 Å². The highest BCUT2D eigenvalue weighted by Crippen LogP contribution is 2.24. The van der Waals surface area contributed by atoms with Crippen LogP contribution in [0.5, 0.6) is 0 Å². The first-order chi connectivity index (χ1) is 8.04. The van der Waals surface area contributed by atoms with E-state index in [1.54, 1.807) is 0 Å². The van der Waals surface area contributed by atoms with Crippen LogP contribution in [0.15, 0.2) is 24.8 Å². The van der Waals surface area contributed by atoms with E-state index in [9.17, 15) is 0 Å². The maximum Gasteiger partial charge on any atom is 0.120 e. The molecule has 0 saturated heterocycles. The smallest absolute Gasteiger partial charge is 0.120 e. The van der Waals surface area contributed by atoms with Gasteiger partial charge in [0.25, 0.3) is 0 Å². The first kappa shape index (κ1) is 14.1. The third-order valence-corrected chi connectivity index (χ3v) is 2.68. The molecule has 0 amide bonds. The summed E-state index contributed by atoms with van der Waals surface area (Å²) in [4.78, 5) is 0. The second kappa shape index (κ2) is 6.67. The van der Waals surface area contributed by atoms with Gasteiger partial charge < -0.3 is 10.1 Å². The molecule has 0 aliphatic heterocycles. The molecule has 1 aromatic carbocycles. The van der Waals surface area contributed by atoms with Crippen LogP contribution < -0.4 is 5.32 Å². The van der Waals surface area contributed by atoms with Gasteiger partial charge in [0.15, 0.2) is 0 Å². The van der Waals surface area contributed by atoms with E-state index in [-0.39, 0.29) is 0 Å². The van der Waals surface area contributed by atoms with E-state index in [1.165, 1.54) is 0 Å². The highest BCUT2D eigenvalue weighted by Gasteiger charge is 2.06. The van der Waals surface area contributed by atoms with Gasteiger partial charge in [-0.25, -0.2) is 0 Å². The van der Waals surface area contributed by atoms with Crippen LogP contribution in [0.3, 0.4) is 0 Å². The second-order valence-corrected chi connectivity index (χ2v) is 4.61. The molecule has 0 aliphatic rings. The number of ether oxygens (including phenoxy) is 1. The Labute approximate surface area is 109 Å². The number of hydrogen-bond acceptors (Lipinski definition) is 2. The van der Waals surface area contributed by atoms with Crippen molar-refractivity contribution < 1.29 is 4.74 Å². The molecule has 0 aromatic heterocycles. The Morgan fingerprint density at radius 2 is 2.18 bits per heavy atom. The molecule has 0 spiro atoms. The molecule has 0 aliphatic carbocycles. The Balaban J connectivity index is 2.75. The van der Waals surface area contributed by atoms with Crippen molar-refractivity contribution in [2.24, 2.45) is 0 Å². The molecule has 0 heterocycles. The molecule has 0 bridgehead atoms. The minimum Gasteiger partial charge on any atom is -0.494 e. The van der Waals surface area contributed by atoms with Crippen LogP contribution in [0.4, 0.5) is 0 Å². The minimum atomic E-state index is 0.465. The lowest BCUT2D eigenvalue weighted by molar-refractivity contribution is 0.299. The Kier molecular flexibility index (Phi) is 5.52. The van der Waals surface area contributed by atoms with E-state index >= 15 is 0 Å². The molecule has 1 N–H and O–H groups in total. The summed E-state index contributed by atoms with van der Waals surface area (Å²) in [6, 6.07) is 6.42. The monoisotopic (exact) mass is 253 g/mol. The van der Waals surface area contributed by atoms with Crippen LogP contribution in [-0.2, 0) is 11.3 Å². The molecule has 1 rings (SSSR count). The predicted octanol–water partition coefficient (Wildman–Crippen LogP) is 3.85. The summed E-state index contributed by atoms with van der Waals surface area (Å²) in [6.07, 6.45) is 0. The largest absolute Gasteiger partial charge is 0.494 e. The van der Waals surface area contributed by atoms with Gasteiger partial charge in [0.05, 0.1) is 11.6 Å². The van der Waals surface area contributed by atoms with Crippen molar-refractivity contribution in [1.29, 1.82) is 0 Å². The molecule has 0 fully saturated rings. The number of benzene rings is 1. The van der Waals surface area contributed by atoms with Crippen molar-refractivity contribution in [2.45, 2.75) is 33.4 Å². The van der Waals surface area contributed by atoms with Crippen molar-refractivity contribution >= 4 is 17.4 Å². The summed E-state index contributed by atoms with van der Waals surface area (Å²) in [6.45, 7) is 11.4. The van der Waals surface area contributed by atoms with Crippen LogP contribution in [0, 0.1) is 0 Å². The number of halogens is 1. The summed E-state index contributed by atoms with van der Waals surface area (Å²) < 4.78 is 5.35. The van der Waals surface area contributed by atoms with Crippen LogP contribution in [0.1, 0.15) is 31.9 Å². The minimum absolute atomic E-state index is 0.465. The summed E-state index contributed by atoms with van der Waals surface area (Å²) in [7, 11) is 0. The van der Waals surface area contributed by atoms with Crippen LogP contribution in [0.2, 0.25) is 5.02 Å². The average molecular weight is 254 g/mol. The molecule has 0 unspecified atom stereocenters. The normalized spacial score (nSPS) is 10.6. The third-order valence-electron chi connectivity index (χ3n) is 2.37. The topological polar surface area (TPSA) is 21.3 Å². The lowest BCUT2D eigenvalue weighted by atomic mass is 10.1. The maximum atomic E-state index is 6.21. The van der Waals surface area contributed by atoms with Gasteiger partial charge in [-0.05, 0) is 24.6 Å². The SMILES string of the molecule is C=C(OCC)c1ccc(CNC(C)C)cc1Cl.